The van der Waals surface area contributed by atoms with E-state index in [1.807, 2.05) is 22.2 Å². The van der Waals surface area contributed by atoms with Crippen LogP contribution in [0.15, 0.2) is 18.3 Å². The monoisotopic (exact) mass is 271 g/mol. The number of rotatable bonds is 3. The number of aliphatic carboxylic acids is 1. The van der Waals surface area contributed by atoms with E-state index in [-0.39, 0.29) is 6.42 Å². The van der Waals surface area contributed by atoms with Crippen LogP contribution in [0.25, 0.3) is 16.8 Å². The van der Waals surface area contributed by atoms with Gasteiger partial charge in [0.1, 0.15) is 0 Å². The van der Waals surface area contributed by atoms with Gasteiger partial charge in [0.25, 0.3) is 0 Å². The van der Waals surface area contributed by atoms with Crippen LogP contribution in [-0.2, 0) is 18.3 Å². The maximum atomic E-state index is 10.7. The van der Waals surface area contributed by atoms with Gasteiger partial charge < -0.3 is 9.67 Å². The predicted octanol–water partition coefficient (Wildman–Crippen LogP) is 2.46. The summed E-state index contributed by atoms with van der Waals surface area (Å²) in [7, 11) is 1.93. The van der Waals surface area contributed by atoms with Gasteiger partial charge in [-0.2, -0.15) is 0 Å². The fraction of sp³-hybridized carbons (Fsp3) is 0.333. The van der Waals surface area contributed by atoms with E-state index in [2.05, 4.69) is 31.0 Å². The van der Waals surface area contributed by atoms with E-state index in [0.717, 1.165) is 22.5 Å². The maximum absolute atomic E-state index is 10.7. The molecule has 104 valence electrons. The lowest BCUT2D eigenvalue weighted by atomic mass is 10.1. The summed E-state index contributed by atoms with van der Waals surface area (Å²) in [4.78, 5) is 15.3. The molecular weight excluding hydrogens is 254 g/mol. The van der Waals surface area contributed by atoms with Gasteiger partial charge in [0.15, 0.2) is 0 Å². The summed E-state index contributed by atoms with van der Waals surface area (Å²) < 4.78 is 4.01. The molecule has 0 atom stereocenters. The van der Waals surface area contributed by atoms with Gasteiger partial charge in [-0.25, -0.2) is 4.98 Å². The molecule has 0 aliphatic carbocycles. The third-order valence-corrected chi connectivity index (χ3v) is 3.89. The van der Waals surface area contributed by atoms with Crippen LogP contribution < -0.4 is 0 Å². The zero-order chi connectivity index (χ0) is 14.4. The van der Waals surface area contributed by atoms with E-state index in [1.54, 1.807) is 0 Å². The van der Waals surface area contributed by atoms with Gasteiger partial charge in [0.2, 0.25) is 5.78 Å². The highest BCUT2D eigenvalue weighted by atomic mass is 16.4. The molecule has 5 nitrogen and oxygen atoms in total. The summed E-state index contributed by atoms with van der Waals surface area (Å²) >= 11 is 0. The zero-order valence-corrected chi connectivity index (χ0v) is 11.8. The zero-order valence-electron chi connectivity index (χ0n) is 11.8. The lowest BCUT2D eigenvalue weighted by Gasteiger charge is -2.00. The molecule has 2 aromatic heterocycles. The fourth-order valence-corrected chi connectivity index (χ4v) is 2.53. The first kappa shape index (κ1) is 12.7. The van der Waals surface area contributed by atoms with Crippen LogP contribution in [-0.4, -0.2) is 25.0 Å². The van der Waals surface area contributed by atoms with Crippen molar-refractivity contribution in [1.82, 2.24) is 14.0 Å². The van der Waals surface area contributed by atoms with Crippen molar-refractivity contribution in [3.8, 4) is 0 Å². The summed E-state index contributed by atoms with van der Waals surface area (Å²) in [5.41, 5.74) is 5.49. The molecule has 3 rings (SSSR count). The number of aromatic nitrogens is 3. The third kappa shape index (κ3) is 1.86. The smallest absolute Gasteiger partial charge is 0.303 e. The van der Waals surface area contributed by atoms with Crippen molar-refractivity contribution in [2.75, 3.05) is 0 Å². The summed E-state index contributed by atoms with van der Waals surface area (Å²) in [5, 5.41) is 8.80. The molecule has 0 aliphatic rings. The Morgan fingerprint density at radius 1 is 1.30 bits per heavy atom. The molecule has 0 unspecified atom stereocenters. The largest absolute Gasteiger partial charge is 0.481 e. The number of carboxylic acids is 1. The molecule has 0 saturated heterocycles. The van der Waals surface area contributed by atoms with Crippen LogP contribution in [0.1, 0.15) is 23.2 Å². The number of hydrogen-bond donors (Lipinski definition) is 1. The fourth-order valence-electron chi connectivity index (χ4n) is 2.53. The van der Waals surface area contributed by atoms with Gasteiger partial charge in [-0.3, -0.25) is 9.20 Å². The van der Waals surface area contributed by atoms with Gasteiger partial charge in [0.05, 0.1) is 17.5 Å². The van der Waals surface area contributed by atoms with Crippen molar-refractivity contribution in [3.05, 3.63) is 35.2 Å². The molecule has 0 amide bonds. The minimum Gasteiger partial charge on any atom is -0.481 e. The van der Waals surface area contributed by atoms with Gasteiger partial charge in [0, 0.05) is 18.9 Å². The number of nitrogens with zero attached hydrogens (tertiary/aromatic N) is 3. The molecule has 0 aliphatic heterocycles. The number of carboxylic acid groups (broad SMARTS) is 1. The molecule has 3 aromatic rings. The van der Waals surface area contributed by atoms with Gasteiger partial charge >= 0.3 is 5.97 Å². The van der Waals surface area contributed by atoms with Crippen LogP contribution in [0.2, 0.25) is 0 Å². The second-order valence-corrected chi connectivity index (χ2v) is 5.28. The Balaban J connectivity index is 2.17. The Morgan fingerprint density at radius 2 is 2.00 bits per heavy atom. The van der Waals surface area contributed by atoms with Gasteiger partial charge in [-0.05, 0) is 43.5 Å². The van der Waals surface area contributed by atoms with Crippen LogP contribution in [0, 0.1) is 13.8 Å². The average Bonchev–Trinajstić information content (AvgIpc) is 2.86. The summed E-state index contributed by atoms with van der Waals surface area (Å²) in [5.74, 6) is 0.0746. The molecular formula is C15H17N3O2. The molecule has 0 fully saturated rings. The molecule has 2 heterocycles. The lowest BCUT2D eigenvalue weighted by molar-refractivity contribution is -0.136. The molecule has 20 heavy (non-hydrogen) atoms. The van der Waals surface area contributed by atoms with Crippen LogP contribution in [0.5, 0.6) is 0 Å². The first-order chi connectivity index (χ1) is 9.47. The van der Waals surface area contributed by atoms with Crippen molar-refractivity contribution < 1.29 is 9.90 Å². The number of hydrogen-bond acceptors (Lipinski definition) is 2. The van der Waals surface area contributed by atoms with Crippen molar-refractivity contribution in [2.45, 2.75) is 26.7 Å². The Hall–Kier alpha value is -2.30. The second-order valence-electron chi connectivity index (χ2n) is 5.28. The van der Waals surface area contributed by atoms with Gasteiger partial charge in [-0.15, -0.1) is 0 Å². The van der Waals surface area contributed by atoms with E-state index >= 15 is 0 Å². The van der Waals surface area contributed by atoms with Crippen molar-refractivity contribution in [1.29, 1.82) is 0 Å². The summed E-state index contributed by atoms with van der Waals surface area (Å²) in [6.07, 6.45) is 2.64. The molecule has 1 N–H and O–H groups in total. The Labute approximate surface area is 116 Å². The lowest BCUT2D eigenvalue weighted by Crippen LogP contribution is -2.02. The normalized spacial score (nSPS) is 11.6. The highest BCUT2D eigenvalue weighted by Crippen LogP contribution is 2.22. The third-order valence-electron chi connectivity index (χ3n) is 3.89. The van der Waals surface area contributed by atoms with E-state index in [0.29, 0.717) is 6.42 Å². The minimum absolute atomic E-state index is 0.136. The van der Waals surface area contributed by atoms with E-state index in [9.17, 15) is 4.79 Å². The number of aryl methyl sites for hydroxylation is 4. The summed E-state index contributed by atoms with van der Waals surface area (Å²) in [6.45, 7) is 4.17. The van der Waals surface area contributed by atoms with E-state index < -0.39 is 5.97 Å². The molecule has 0 saturated carbocycles. The molecule has 0 radical (unpaired) electrons. The predicted molar refractivity (Wildman–Crippen MR) is 77.1 cm³/mol. The van der Waals surface area contributed by atoms with Crippen LogP contribution in [0.4, 0.5) is 0 Å². The average molecular weight is 271 g/mol. The van der Waals surface area contributed by atoms with E-state index in [4.69, 9.17) is 5.11 Å². The maximum Gasteiger partial charge on any atom is 0.303 e. The van der Waals surface area contributed by atoms with Crippen molar-refractivity contribution >= 4 is 22.8 Å². The standard InChI is InChI=1S/C15H17N3O2/c1-9-6-12-13(7-10(9)2)18-8-11(4-5-14(19)20)17(3)15(18)16-12/h6-8H,4-5H2,1-3H3,(H,19,20). The topological polar surface area (TPSA) is 59.5 Å². The molecule has 0 spiro atoms. The summed E-state index contributed by atoms with van der Waals surface area (Å²) in [6, 6.07) is 4.22. The van der Waals surface area contributed by atoms with Gasteiger partial charge in [-0.1, -0.05) is 0 Å². The first-order valence-electron chi connectivity index (χ1n) is 6.63. The Kier molecular flexibility index (Phi) is 2.78. The number of fused-ring (bicyclic) bond motifs is 3. The molecule has 1 aromatic carbocycles. The molecule has 5 heteroatoms. The number of carbonyl (C=O) groups is 1. The Bertz CT molecular complexity index is 827. The number of benzene rings is 1. The van der Waals surface area contributed by atoms with Crippen molar-refractivity contribution in [2.24, 2.45) is 7.05 Å². The quantitative estimate of drug-likeness (QED) is 0.796. The highest BCUT2D eigenvalue weighted by Gasteiger charge is 2.13. The van der Waals surface area contributed by atoms with Crippen LogP contribution >= 0.6 is 0 Å². The first-order valence-corrected chi connectivity index (χ1v) is 6.63. The Morgan fingerprint density at radius 3 is 2.70 bits per heavy atom. The minimum atomic E-state index is -0.778. The number of imidazole rings is 2. The van der Waals surface area contributed by atoms with Crippen LogP contribution in [0.3, 0.4) is 0 Å². The second kappa shape index (κ2) is 4.37. The van der Waals surface area contributed by atoms with Crippen molar-refractivity contribution in [3.63, 3.8) is 0 Å². The van der Waals surface area contributed by atoms with E-state index in [1.165, 1.54) is 11.1 Å². The molecule has 0 bridgehead atoms. The highest BCUT2D eigenvalue weighted by molar-refractivity contribution is 5.81. The SMILES string of the molecule is Cc1cc2nc3n(C)c(CCC(=O)O)cn3c2cc1C.